The number of nitrogens with two attached hydrogens (primary N) is 1. The van der Waals surface area contributed by atoms with Crippen molar-refractivity contribution in [2.45, 2.75) is 25.8 Å². The van der Waals surface area contributed by atoms with Crippen molar-refractivity contribution in [3.63, 3.8) is 0 Å². The molecule has 1 heterocycles. The Bertz CT molecular complexity index is 490. The second-order valence-corrected chi connectivity index (χ2v) is 4.97. The van der Waals surface area contributed by atoms with Crippen molar-refractivity contribution >= 4 is 5.82 Å². The molecule has 0 aliphatic carbocycles. The molecule has 1 atom stereocenters. The number of pyridine rings is 1. The van der Waals surface area contributed by atoms with Crippen LogP contribution in [-0.4, -0.2) is 18.1 Å². The number of anilines is 1. The van der Waals surface area contributed by atoms with Crippen molar-refractivity contribution in [3.05, 3.63) is 59.3 Å². The van der Waals surface area contributed by atoms with Gasteiger partial charge in [-0.25, -0.2) is 4.98 Å². The van der Waals surface area contributed by atoms with Gasteiger partial charge in [0, 0.05) is 12.2 Å². The molecule has 0 aliphatic rings. The Morgan fingerprint density at radius 3 is 2.53 bits per heavy atom. The molecule has 0 aliphatic heterocycles. The Kier molecular flexibility index (Phi) is 4.53. The molecule has 1 aromatic carbocycles. The summed E-state index contributed by atoms with van der Waals surface area (Å²) in [5.74, 6) is 0.586. The molecule has 0 spiro atoms. The molecule has 19 heavy (non-hydrogen) atoms. The van der Waals surface area contributed by atoms with E-state index in [2.05, 4.69) is 41.5 Å². The van der Waals surface area contributed by atoms with Gasteiger partial charge in [0.1, 0.15) is 5.82 Å². The SMILES string of the molecule is CNC(Cc1cccc(C)c1)Cc1ccnc(N)c1. The fourth-order valence-corrected chi connectivity index (χ4v) is 2.31. The fraction of sp³-hybridized carbons (Fsp3) is 0.312. The summed E-state index contributed by atoms with van der Waals surface area (Å²) in [6.07, 6.45) is 3.74. The largest absolute Gasteiger partial charge is 0.384 e. The summed E-state index contributed by atoms with van der Waals surface area (Å²) in [6, 6.07) is 13.0. The average Bonchev–Trinajstić information content (AvgIpc) is 2.38. The Hall–Kier alpha value is -1.87. The molecule has 2 aromatic rings. The van der Waals surface area contributed by atoms with Gasteiger partial charge in [0.15, 0.2) is 0 Å². The highest BCUT2D eigenvalue weighted by Gasteiger charge is 2.09. The summed E-state index contributed by atoms with van der Waals surface area (Å²) in [5.41, 5.74) is 9.61. The average molecular weight is 255 g/mol. The van der Waals surface area contributed by atoms with Crippen LogP contribution in [0.1, 0.15) is 16.7 Å². The van der Waals surface area contributed by atoms with Gasteiger partial charge in [-0.3, -0.25) is 0 Å². The quantitative estimate of drug-likeness (QED) is 0.862. The number of hydrogen-bond acceptors (Lipinski definition) is 3. The maximum atomic E-state index is 5.72. The van der Waals surface area contributed by atoms with Gasteiger partial charge in [-0.2, -0.15) is 0 Å². The first-order valence-electron chi connectivity index (χ1n) is 6.60. The number of aromatic nitrogens is 1. The summed E-state index contributed by atoms with van der Waals surface area (Å²) in [4.78, 5) is 4.03. The topological polar surface area (TPSA) is 50.9 Å². The summed E-state index contributed by atoms with van der Waals surface area (Å²) >= 11 is 0. The van der Waals surface area contributed by atoms with Gasteiger partial charge in [-0.1, -0.05) is 29.8 Å². The molecule has 2 rings (SSSR count). The van der Waals surface area contributed by atoms with Gasteiger partial charge in [0.05, 0.1) is 0 Å². The highest BCUT2D eigenvalue weighted by atomic mass is 14.9. The molecule has 3 N–H and O–H groups in total. The molecule has 0 radical (unpaired) electrons. The lowest BCUT2D eigenvalue weighted by Gasteiger charge is -2.16. The summed E-state index contributed by atoms with van der Waals surface area (Å²) in [5, 5.41) is 3.38. The first-order chi connectivity index (χ1) is 9.17. The highest BCUT2D eigenvalue weighted by Crippen LogP contribution is 2.11. The molecule has 3 nitrogen and oxygen atoms in total. The van der Waals surface area contributed by atoms with Crippen molar-refractivity contribution < 1.29 is 0 Å². The molecule has 0 amide bonds. The van der Waals surface area contributed by atoms with Crippen molar-refractivity contribution in [1.29, 1.82) is 0 Å². The summed E-state index contributed by atoms with van der Waals surface area (Å²) < 4.78 is 0. The minimum absolute atomic E-state index is 0.406. The number of nitrogen functional groups attached to an aromatic ring is 1. The van der Waals surface area contributed by atoms with E-state index in [0.717, 1.165) is 12.8 Å². The van der Waals surface area contributed by atoms with Crippen molar-refractivity contribution in [3.8, 4) is 0 Å². The Morgan fingerprint density at radius 2 is 1.89 bits per heavy atom. The molecular weight excluding hydrogens is 234 g/mol. The summed E-state index contributed by atoms with van der Waals surface area (Å²) in [7, 11) is 2.00. The van der Waals surface area contributed by atoms with E-state index in [-0.39, 0.29) is 0 Å². The molecule has 3 heteroatoms. The van der Waals surface area contributed by atoms with E-state index in [0.29, 0.717) is 11.9 Å². The Morgan fingerprint density at radius 1 is 1.16 bits per heavy atom. The predicted molar refractivity (Wildman–Crippen MR) is 80.1 cm³/mol. The molecule has 0 bridgehead atoms. The van der Waals surface area contributed by atoms with E-state index in [4.69, 9.17) is 5.73 Å². The number of aryl methyl sites for hydroxylation is 1. The van der Waals surface area contributed by atoms with Gasteiger partial charge in [-0.05, 0) is 50.1 Å². The second-order valence-electron chi connectivity index (χ2n) is 4.97. The van der Waals surface area contributed by atoms with Crippen molar-refractivity contribution in [1.82, 2.24) is 10.3 Å². The number of rotatable bonds is 5. The molecular formula is C16H21N3. The molecule has 0 saturated carbocycles. The maximum Gasteiger partial charge on any atom is 0.123 e. The first kappa shape index (κ1) is 13.6. The lowest BCUT2D eigenvalue weighted by Crippen LogP contribution is -2.30. The number of likely N-dealkylation sites (N-methyl/N-ethyl adjacent to an activating group) is 1. The lowest BCUT2D eigenvalue weighted by molar-refractivity contribution is 0.556. The van der Waals surface area contributed by atoms with Gasteiger partial charge in [0.2, 0.25) is 0 Å². The van der Waals surface area contributed by atoms with E-state index in [1.807, 2.05) is 19.2 Å². The van der Waals surface area contributed by atoms with Crippen LogP contribution in [0.4, 0.5) is 5.82 Å². The van der Waals surface area contributed by atoms with Crippen LogP contribution in [0.2, 0.25) is 0 Å². The minimum atomic E-state index is 0.406. The standard InChI is InChI=1S/C16H21N3/c1-12-4-3-5-13(8-12)9-15(18-2)10-14-6-7-19-16(17)11-14/h3-8,11,15,18H,9-10H2,1-2H3,(H2,17,19). The van der Waals surface area contributed by atoms with Crippen LogP contribution < -0.4 is 11.1 Å². The van der Waals surface area contributed by atoms with Gasteiger partial charge < -0.3 is 11.1 Å². The molecule has 1 unspecified atom stereocenters. The van der Waals surface area contributed by atoms with Crippen LogP contribution in [0.15, 0.2) is 42.6 Å². The zero-order valence-electron chi connectivity index (χ0n) is 11.6. The zero-order valence-corrected chi connectivity index (χ0v) is 11.6. The van der Waals surface area contributed by atoms with Crippen LogP contribution in [0.3, 0.4) is 0 Å². The Labute approximate surface area is 114 Å². The van der Waals surface area contributed by atoms with E-state index >= 15 is 0 Å². The molecule has 0 fully saturated rings. The molecule has 0 saturated heterocycles. The van der Waals surface area contributed by atoms with Crippen molar-refractivity contribution in [2.75, 3.05) is 12.8 Å². The van der Waals surface area contributed by atoms with Crippen LogP contribution in [0.25, 0.3) is 0 Å². The van der Waals surface area contributed by atoms with Crippen LogP contribution in [0.5, 0.6) is 0 Å². The first-order valence-corrected chi connectivity index (χ1v) is 6.60. The van der Waals surface area contributed by atoms with Gasteiger partial charge in [-0.15, -0.1) is 0 Å². The number of nitrogens with zero attached hydrogens (tertiary/aromatic N) is 1. The number of benzene rings is 1. The monoisotopic (exact) mass is 255 g/mol. The smallest absolute Gasteiger partial charge is 0.123 e. The van der Waals surface area contributed by atoms with E-state index in [9.17, 15) is 0 Å². The molecule has 1 aromatic heterocycles. The van der Waals surface area contributed by atoms with Crippen molar-refractivity contribution in [2.24, 2.45) is 0 Å². The third-order valence-electron chi connectivity index (χ3n) is 3.30. The third kappa shape index (κ3) is 4.07. The maximum absolute atomic E-state index is 5.72. The molecule has 100 valence electrons. The normalized spacial score (nSPS) is 12.3. The van der Waals surface area contributed by atoms with Crippen LogP contribution >= 0.6 is 0 Å². The number of hydrogen-bond donors (Lipinski definition) is 2. The summed E-state index contributed by atoms with van der Waals surface area (Å²) in [6.45, 7) is 2.13. The zero-order chi connectivity index (χ0) is 13.7. The number of nitrogens with one attached hydrogen (secondary N) is 1. The van der Waals surface area contributed by atoms with Crippen LogP contribution in [-0.2, 0) is 12.8 Å². The third-order valence-corrected chi connectivity index (χ3v) is 3.30. The fourth-order valence-electron chi connectivity index (χ4n) is 2.31. The highest BCUT2D eigenvalue weighted by molar-refractivity contribution is 5.32. The Balaban J connectivity index is 2.04. The van der Waals surface area contributed by atoms with E-state index in [1.165, 1.54) is 16.7 Å². The minimum Gasteiger partial charge on any atom is -0.384 e. The van der Waals surface area contributed by atoms with E-state index < -0.39 is 0 Å². The van der Waals surface area contributed by atoms with E-state index in [1.54, 1.807) is 6.20 Å². The van der Waals surface area contributed by atoms with Crippen LogP contribution in [0, 0.1) is 6.92 Å². The second kappa shape index (κ2) is 6.34. The van der Waals surface area contributed by atoms with Gasteiger partial charge >= 0.3 is 0 Å². The predicted octanol–water partition coefficient (Wildman–Crippen LogP) is 2.35. The van der Waals surface area contributed by atoms with Gasteiger partial charge in [0.25, 0.3) is 0 Å². The lowest BCUT2D eigenvalue weighted by atomic mass is 9.98.